The number of halogens is 3. The van der Waals surface area contributed by atoms with E-state index < -0.39 is 17.3 Å². The van der Waals surface area contributed by atoms with Gasteiger partial charge >= 0.3 is 6.18 Å². The summed E-state index contributed by atoms with van der Waals surface area (Å²) in [5.74, 6) is -0.119. The molecule has 0 saturated heterocycles. The Morgan fingerprint density at radius 3 is 2.19 bits per heavy atom. The lowest BCUT2D eigenvalue weighted by atomic mass is 10.1. The molecule has 0 saturated carbocycles. The molecule has 0 spiro atoms. The molecule has 16 heavy (non-hydrogen) atoms. The Balaban J connectivity index is 3.52. The summed E-state index contributed by atoms with van der Waals surface area (Å²) in [5.41, 5.74) is -1.61. The van der Waals surface area contributed by atoms with Crippen LogP contribution in [0, 0.1) is 11.3 Å². The van der Waals surface area contributed by atoms with E-state index in [9.17, 15) is 13.2 Å². The van der Waals surface area contributed by atoms with Crippen molar-refractivity contribution in [2.45, 2.75) is 6.18 Å². The topological polar surface area (TPSA) is 42.2 Å². The molecule has 6 heteroatoms. The van der Waals surface area contributed by atoms with E-state index in [2.05, 4.69) is 0 Å². The Morgan fingerprint density at radius 1 is 1.19 bits per heavy atom. The second-order valence-corrected chi connectivity index (χ2v) is 2.83. The van der Waals surface area contributed by atoms with Crippen molar-refractivity contribution in [1.29, 1.82) is 5.26 Å². The van der Waals surface area contributed by atoms with Gasteiger partial charge in [-0.3, -0.25) is 0 Å². The highest BCUT2D eigenvalue weighted by Gasteiger charge is 2.35. The molecule has 0 bridgehead atoms. The zero-order chi connectivity index (χ0) is 12.3. The highest BCUT2D eigenvalue weighted by atomic mass is 19.4. The van der Waals surface area contributed by atoms with Crippen LogP contribution in [-0.4, -0.2) is 14.2 Å². The lowest BCUT2D eigenvalue weighted by Gasteiger charge is -2.14. The van der Waals surface area contributed by atoms with Gasteiger partial charge in [-0.25, -0.2) is 0 Å². The van der Waals surface area contributed by atoms with Gasteiger partial charge in [0.1, 0.15) is 11.6 Å². The fourth-order valence-corrected chi connectivity index (χ4v) is 1.27. The summed E-state index contributed by atoms with van der Waals surface area (Å²) in [7, 11) is 2.46. The van der Waals surface area contributed by atoms with Gasteiger partial charge in [-0.1, -0.05) is 0 Å². The Bertz CT molecular complexity index is 435. The van der Waals surface area contributed by atoms with Crippen LogP contribution in [0.3, 0.4) is 0 Å². The van der Waals surface area contributed by atoms with Crippen molar-refractivity contribution in [1.82, 2.24) is 0 Å². The molecule has 0 unspecified atom stereocenters. The van der Waals surface area contributed by atoms with Crippen molar-refractivity contribution in [3.63, 3.8) is 0 Å². The summed E-state index contributed by atoms with van der Waals surface area (Å²) >= 11 is 0. The lowest BCUT2D eigenvalue weighted by molar-refractivity contribution is -0.137. The van der Waals surface area contributed by atoms with E-state index in [1.165, 1.54) is 20.3 Å². The average Bonchev–Trinajstić information content (AvgIpc) is 2.25. The summed E-state index contributed by atoms with van der Waals surface area (Å²) in [6.45, 7) is 0. The normalized spacial score (nSPS) is 10.8. The summed E-state index contributed by atoms with van der Waals surface area (Å²) in [5, 5.41) is 8.73. The summed E-state index contributed by atoms with van der Waals surface area (Å²) in [4.78, 5) is 0. The van der Waals surface area contributed by atoms with Gasteiger partial charge in [0, 0.05) is 0 Å². The molecule has 0 aromatic heterocycles. The minimum Gasteiger partial charge on any atom is -0.493 e. The Labute approximate surface area is 90.0 Å². The zero-order valence-corrected chi connectivity index (χ0v) is 8.55. The molecule has 0 heterocycles. The van der Waals surface area contributed by atoms with Crippen molar-refractivity contribution < 1.29 is 22.6 Å². The molecular weight excluding hydrogens is 223 g/mol. The molecule has 0 fully saturated rings. The van der Waals surface area contributed by atoms with Crippen LogP contribution in [0.1, 0.15) is 11.1 Å². The second kappa shape index (κ2) is 4.31. The van der Waals surface area contributed by atoms with Gasteiger partial charge in [-0.15, -0.1) is 0 Å². The summed E-state index contributed by atoms with van der Waals surface area (Å²) in [6.07, 6.45) is -4.59. The quantitative estimate of drug-likeness (QED) is 0.785. The van der Waals surface area contributed by atoms with Crippen LogP contribution in [0.4, 0.5) is 13.2 Å². The number of methoxy groups -OCH3 is 2. The van der Waals surface area contributed by atoms with Crippen LogP contribution < -0.4 is 9.47 Å². The maximum absolute atomic E-state index is 12.5. The Kier molecular flexibility index (Phi) is 3.28. The molecule has 1 aromatic carbocycles. The Morgan fingerprint density at radius 2 is 1.81 bits per heavy atom. The van der Waals surface area contributed by atoms with Crippen molar-refractivity contribution >= 4 is 0 Å². The van der Waals surface area contributed by atoms with E-state index in [0.29, 0.717) is 0 Å². The third-order valence-electron chi connectivity index (χ3n) is 1.96. The maximum atomic E-state index is 12.5. The van der Waals surface area contributed by atoms with Gasteiger partial charge < -0.3 is 9.47 Å². The van der Waals surface area contributed by atoms with Gasteiger partial charge in [-0.2, -0.15) is 18.4 Å². The molecule has 0 aliphatic rings. The molecule has 0 amide bonds. The predicted molar refractivity (Wildman–Crippen MR) is 49.3 cm³/mol. The molecule has 0 aliphatic heterocycles. The van der Waals surface area contributed by atoms with Crippen molar-refractivity contribution in [3.8, 4) is 17.6 Å². The number of hydrogen-bond acceptors (Lipinski definition) is 3. The van der Waals surface area contributed by atoms with Crippen LogP contribution in [0.15, 0.2) is 12.1 Å². The van der Waals surface area contributed by atoms with Crippen molar-refractivity contribution in [2.75, 3.05) is 14.2 Å². The number of ether oxygens (including phenoxy) is 2. The standard InChI is InChI=1S/C10H8F3NO2/c1-15-8-4-3-7(10(11,12)13)6(5-14)9(8)16-2/h3-4H,1-2H3. The van der Waals surface area contributed by atoms with E-state index in [1.54, 1.807) is 0 Å². The third-order valence-corrected chi connectivity index (χ3v) is 1.96. The van der Waals surface area contributed by atoms with Crippen molar-refractivity contribution in [3.05, 3.63) is 23.3 Å². The highest BCUT2D eigenvalue weighted by Crippen LogP contribution is 2.40. The second-order valence-electron chi connectivity index (χ2n) is 2.83. The smallest absolute Gasteiger partial charge is 0.417 e. The molecule has 0 aliphatic carbocycles. The number of nitriles is 1. The van der Waals surface area contributed by atoms with E-state index in [1.807, 2.05) is 0 Å². The van der Waals surface area contributed by atoms with Crippen LogP contribution in [0.2, 0.25) is 0 Å². The van der Waals surface area contributed by atoms with E-state index >= 15 is 0 Å². The van der Waals surface area contributed by atoms with E-state index in [-0.39, 0.29) is 11.5 Å². The molecule has 0 radical (unpaired) electrons. The SMILES string of the molecule is COc1ccc(C(F)(F)F)c(C#N)c1OC. The first-order valence-corrected chi connectivity index (χ1v) is 4.18. The monoisotopic (exact) mass is 231 g/mol. The fourth-order valence-electron chi connectivity index (χ4n) is 1.27. The molecule has 3 nitrogen and oxygen atoms in total. The predicted octanol–water partition coefficient (Wildman–Crippen LogP) is 2.59. The van der Waals surface area contributed by atoms with E-state index in [4.69, 9.17) is 14.7 Å². The molecule has 86 valence electrons. The van der Waals surface area contributed by atoms with Crippen LogP contribution >= 0.6 is 0 Å². The number of benzene rings is 1. The van der Waals surface area contributed by atoms with Crippen LogP contribution in [0.25, 0.3) is 0 Å². The van der Waals surface area contributed by atoms with Crippen molar-refractivity contribution in [2.24, 2.45) is 0 Å². The van der Waals surface area contributed by atoms with Crippen LogP contribution in [0.5, 0.6) is 11.5 Å². The molecule has 1 rings (SSSR count). The number of alkyl halides is 3. The molecule has 1 aromatic rings. The fraction of sp³-hybridized carbons (Fsp3) is 0.300. The molecule has 0 N–H and O–H groups in total. The lowest BCUT2D eigenvalue weighted by Crippen LogP contribution is -2.09. The van der Waals surface area contributed by atoms with E-state index in [0.717, 1.165) is 12.1 Å². The van der Waals surface area contributed by atoms with Gasteiger partial charge in [0.05, 0.1) is 19.8 Å². The first-order valence-electron chi connectivity index (χ1n) is 4.18. The average molecular weight is 231 g/mol. The minimum atomic E-state index is -4.59. The van der Waals surface area contributed by atoms with Gasteiger partial charge in [0.25, 0.3) is 0 Å². The minimum absolute atomic E-state index is 0.0899. The highest BCUT2D eigenvalue weighted by molar-refractivity contribution is 5.57. The molecular formula is C10H8F3NO2. The molecule has 0 atom stereocenters. The third kappa shape index (κ3) is 2.03. The first kappa shape index (κ1) is 12.2. The first-order chi connectivity index (χ1) is 7.45. The number of hydrogen-bond donors (Lipinski definition) is 0. The largest absolute Gasteiger partial charge is 0.493 e. The van der Waals surface area contributed by atoms with Gasteiger partial charge in [-0.05, 0) is 12.1 Å². The Hall–Kier alpha value is -1.90. The van der Waals surface area contributed by atoms with Crippen LogP contribution in [-0.2, 0) is 6.18 Å². The number of rotatable bonds is 2. The maximum Gasteiger partial charge on any atom is 0.417 e. The summed E-state index contributed by atoms with van der Waals surface area (Å²) in [6, 6.07) is 3.38. The zero-order valence-electron chi connectivity index (χ0n) is 8.55. The van der Waals surface area contributed by atoms with Gasteiger partial charge in [0.2, 0.25) is 0 Å². The number of nitrogens with zero attached hydrogens (tertiary/aromatic N) is 1. The van der Waals surface area contributed by atoms with Gasteiger partial charge in [0.15, 0.2) is 11.5 Å². The summed E-state index contributed by atoms with van der Waals surface area (Å²) < 4.78 is 47.2.